The average molecular weight is 213 g/mol. The van der Waals surface area contributed by atoms with E-state index in [1.165, 1.54) is 5.39 Å². The quantitative estimate of drug-likeness (QED) is 0.765. The summed E-state index contributed by atoms with van der Waals surface area (Å²) in [5.74, 6) is 0. The van der Waals surface area contributed by atoms with Crippen molar-refractivity contribution in [2.45, 2.75) is 6.04 Å². The molecule has 2 nitrogen and oxygen atoms in total. The number of fused-ring (bicyclic) bond motifs is 1. The van der Waals surface area contributed by atoms with Crippen molar-refractivity contribution in [3.8, 4) is 0 Å². The van der Waals surface area contributed by atoms with Crippen LogP contribution in [0.25, 0.3) is 10.8 Å². The van der Waals surface area contributed by atoms with E-state index in [0.717, 1.165) is 11.1 Å². The van der Waals surface area contributed by atoms with Gasteiger partial charge in [0.1, 0.15) is 0 Å². The van der Waals surface area contributed by atoms with Gasteiger partial charge >= 0.3 is 0 Å². The Labute approximate surface area is 95.2 Å². The second kappa shape index (κ2) is 4.81. The molecule has 16 heavy (non-hydrogen) atoms. The highest BCUT2D eigenvalue weighted by Crippen LogP contribution is 2.23. The van der Waals surface area contributed by atoms with E-state index in [0.29, 0.717) is 0 Å². The third-order valence-corrected chi connectivity index (χ3v) is 2.61. The lowest BCUT2D eigenvalue weighted by atomic mass is 10.1. The summed E-state index contributed by atoms with van der Waals surface area (Å²) in [6.07, 6.45) is 1.71. The number of anilines is 1. The fraction of sp³-hybridized carbons (Fsp3) is 0.143. The zero-order valence-corrected chi connectivity index (χ0v) is 9.06. The number of hydrogen-bond acceptors (Lipinski definition) is 2. The molecule has 0 heterocycles. The molecule has 1 atom stereocenters. The number of rotatable bonds is 4. The fourth-order valence-electron chi connectivity index (χ4n) is 1.73. The number of hydrogen-bond donors (Lipinski definition) is 2. The Morgan fingerprint density at radius 3 is 2.69 bits per heavy atom. The summed E-state index contributed by atoms with van der Waals surface area (Å²) in [4.78, 5) is 0. The molecule has 0 bridgehead atoms. The average Bonchev–Trinajstić information content (AvgIpc) is 2.36. The highest BCUT2D eigenvalue weighted by Gasteiger charge is 2.04. The Bertz CT molecular complexity index is 488. The van der Waals surface area contributed by atoms with E-state index >= 15 is 0 Å². The van der Waals surface area contributed by atoms with Crippen LogP contribution in [-0.2, 0) is 0 Å². The maximum Gasteiger partial charge on any atom is 0.0673 e. The highest BCUT2D eigenvalue weighted by atomic mass is 16.3. The van der Waals surface area contributed by atoms with Crippen molar-refractivity contribution in [2.75, 3.05) is 11.9 Å². The molecular formula is C14H15NO. The molecule has 2 N–H and O–H groups in total. The van der Waals surface area contributed by atoms with Crippen LogP contribution in [0, 0.1) is 0 Å². The van der Waals surface area contributed by atoms with Crippen molar-refractivity contribution in [1.82, 2.24) is 0 Å². The Balaban J connectivity index is 2.40. The number of aliphatic hydroxyl groups is 1. The molecule has 0 aliphatic heterocycles. The minimum atomic E-state index is -0.106. The Kier molecular flexibility index (Phi) is 3.22. The molecular weight excluding hydrogens is 198 g/mol. The van der Waals surface area contributed by atoms with Crippen LogP contribution in [0.3, 0.4) is 0 Å². The molecule has 2 rings (SSSR count). The molecule has 0 radical (unpaired) electrons. The maximum atomic E-state index is 9.13. The molecule has 2 aromatic carbocycles. The van der Waals surface area contributed by atoms with E-state index in [2.05, 4.69) is 30.1 Å². The van der Waals surface area contributed by atoms with Crippen molar-refractivity contribution in [1.29, 1.82) is 0 Å². The molecule has 0 aliphatic rings. The van der Waals surface area contributed by atoms with Gasteiger partial charge in [0.25, 0.3) is 0 Å². The highest BCUT2D eigenvalue weighted by molar-refractivity contribution is 5.93. The van der Waals surface area contributed by atoms with Crippen molar-refractivity contribution >= 4 is 16.5 Å². The van der Waals surface area contributed by atoms with E-state index in [-0.39, 0.29) is 12.6 Å². The minimum Gasteiger partial charge on any atom is -0.394 e. The van der Waals surface area contributed by atoms with Crippen LogP contribution >= 0.6 is 0 Å². The summed E-state index contributed by atoms with van der Waals surface area (Å²) >= 11 is 0. The van der Waals surface area contributed by atoms with E-state index in [4.69, 9.17) is 5.11 Å². The van der Waals surface area contributed by atoms with Crippen LogP contribution in [0.1, 0.15) is 0 Å². The summed E-state index contributed by atoms with van der Waals surface area (Å²) in [5, 5.41) is 14.7. The molecule has 0 spiro atoms. The lowest BCUT2D eigenvalue weighted by molar-refractivity contribution is 0.291. The SMILES string of the molecule is C=CC(CO)Nc1cccc2ccccc12. The lowest BCUT2D eigenvalue weighted by Crippen LogP contribution is -2.20. The van der Waals surface area contributed by atoms with Gasteiger partial charge in [-0.15, -0.1) is 6.58 Å². The minimum absolute atomic E-state index is 0.0483. The van der Waals surface area contributed by atoms with Gasteiger partial charge in [-0.2, -0.15) is 0 Å². The molecule has 0 aliphatic carbocycles. The first-order chi connectivity index (χ1) is 7.85. The monoisotopic (exact) mass is 213 g/mol. The van der Waals surface area contributed by atoms with Gasteiger partial charge in [0.2, 0.25) is 0 Å². The van der Waals surface area contributed by atoms with Crippen LogP contribution in [0.5, 0.6) is 0 Å². The Hall–Kier alpha value is -1.80. The normalized spacial score (nSPS) is 12.3. The largest absolute Gasteiger partial charge is 0.394 e. The molecule has 0 aromatic heterocycles. The van der Waals surface area contributed by atoms with Crippen LogP contribution in [0.2, 0.25) is 0 Å². The summed E-state index contributed by atoms with van der Waals surface area (Å²) < 4.78 is 0. The molecule has 0 amide bonds. The topological polar surface area (TPSA) is 32.3 Å². The molecule has 0 saturated carbocycles. The first kappa shape index (κ1) is 10.7. The van der Waals surface area contributed by atoms with E-state index < -0.39 is 0 Å². The number of benzene rings is 2. The second-order valence-corrected chi connectivity index (χ2v) is 3.70. The predicted octanol–water partition coefficient (Wildman–Crippen LogP) is 2.80. The summed E-state index contributed by atoms with van der Waals surface area (Å²) in [6.45, 7) is 3.73. The van der Waals surface area contributed by atoms with Crippen molar-refractivity contribution in [3.05, 3.63) is 55.1 Å². The van der Waals surface area contributed by atoms with Crippen molar-refractivity contribution < 1.29 is 5.11 Å². The van der Waals surface area contributed by atoms with Gasteiger partial charge in [-0.25, -0.2) is 0 Å². The van der Waals surface area contributed by atoms with Crippen LogP contribution in [0.4, 0.5) is 5.69 Å². The smallest absolute Gasteiger partial charge is 0.0673 e. The Morgan fingerprint density at radius 2 is 1.94 bits per heavy atom. The summed E-state index contributed by atoms with van der Waals surface area (Å²) in [6, 6.07) is 14.1. The molecule has 2 heteroatoms. The molecule has 0 saturated heterocycles. The van der Waals surface area contributed by atoms with Crippen LogP contribution in [-0.4, -0.2) is 17.8 Å². The first-order valence-corrected chi connectivity index (χ1v) is 5.33. The van der Waals surface area contributed by atoms with E-state index in [9.17, 15) is 0 Å². The molecule has 82 valence electrons. The van der Waals surface area contributed by atoms with Gasteiger partial charge in [-0.1, -0.05) is 42.5 Å². The lowest BCUT2D eigenvalue weighted by Gasteiger charge is -2.15. The van der Waals surface area contributed by atoms with Gasteiger partial charge in [0.15, 0.2) is 0 Å². The zero-order valence-electron chi connectivity index (χ0n) is 9.06. The van der Waals surface area contributed by atoms with E-state index in [1.54, 1.807) is 6.08 Å². The van der Waals surface area contributed by atoms with Gasteiger partial charge in [-0.3, -0.25) is 0 Å². The third-order valence-electron chi connectivity index (χ3n) is 2.61. The van der Waals surface area contributed by atoms with Gasteiger partial charge < -0.3 is 10.4 Å². The molecule has 1 unspecified atom stereocenters. The molecule has 2 aromatic rings. The van der Waals surface area contributed by atoms with Gasteiger partial charge in [0.05, 0.1) is 12.6 Å². The molecule has 0 fully saturated rings. The standard InChI is InChI=1S/C14H15NO/c1-2-12(10-16)15-14-9-5-7-11-6-3-4-8-13(11)14/h2-9,12,15-16H,1,10H2. The zero-order chi connectivity index (χ0) is 11.4. The summed E-state index contributed by atoms with van der Waals surface area (Å²) in [5.41, 5.74) is 1.03. The maximum absolute atomic E-state index is 9.13. The number of aliphatic hydroxyl groups excluding tert-OH is 1. The Morgan fingerprint density at radius 1 is 1.19 bits per heavy atom. The van der Waals surface area contributed by atoms with Crippen molar-refractivity contribution in [2.24, 2.45) is 0 Å². The van der Waals surface area contributed by atoms with Crippen LogP contribution < -0.4 is 5.32 Å². The third kappa shape index (κ3) is 2.07. The van der Waals surface area contributed by atoms with Gasteiger partial charge in [-0.05, 0) is 11.5 Å². The predicted molar refractivity (Wildman–Crippen MR) is 68.6 cm³/mol. The summed E-state index contributed by atoms with van der Waals surface area (Å²) in [7, 11) is 0. The van der Waals surface area contributed by atoms with Crippen molar-refractivity contribution in [3.63, 3.8) is 0 Å². The fourth-order valence-corrected chi connectivity index (χ4v) is 1.73. The van der Waals surface area contributed by atoms with E-state index in [1.807, 2.05) is 24.3 Å². The second-order valence-electron chi connectivity index (χ2n) is 3.70. The van der Waals surface area contributed by atoms with Crippen LogP contribution in [0.15, 0.2) is 55.1 Å². The van der Waals surface area contributed by atoms with Gasteiger partial charge in [0, 0.05) is 11.1 Å². The number of nitrogens with one attached hydrogen (secondary N) is 1. The first-order valence-electron chi connectivity index (χ1n) is 5.33.